The lowest BCUT2D eigenvalue weighted by Crippen LogP contribution is -2.38. The standard InChI is InChI=1S/C20H22FN/c1-13-9-17-10-14-5-2-3-6-15(14)12-19(17)20(22-13)16-7-4-8-18(21)11-16/h4,7-8,10-13,20,22H,2-3,5-6,9H2,1H3. The summed E-state index contributed by atoms with van der Waals surface area (Å²) >= 11 is 0. The Bertz CT molecular complexity index is 707. The predicted molar refractivity (Wildman–Crippen MR) is 87.6 cm³/mol. The van der Waals surface area contributed by atoms with Gasteiger partial charge in [0.2, 0.25) is 0 Å². The molecule has 2 aromatic carbocycles. The smallest absolute Gasteiger partial charge is 0.123 e. The summed E-state index contributed by atoms with van der Waals surface area (Å²) in [6.07, 6.45) is 6.07. The number of nitrogens with one attached hydrogen (secondary N) is 1. The van der Waals surface area contributed by atoms with Gasteiger partial charge in [-0.25, -0.2) is 4.39 Å². The van der Waals surface area contributed by atoms with Gasteiger partial charge in [0.15, 0.2) is 0 Å². The average molecular weight is 295 g/mol. The van der Waals surface area contributed by atoms with Crippen molar-refractivity contribution in [3.8, 4) is 0 Å². The van der Waals surface area contributed by atoms with Crippen LogP contribution in [-0.2, 0) is 19.3 Å². The molecule has 0 saturated carbocycles. The Balaban J connectivity index is 1.82. The maximum absolute atomic E-state index is 13.6. The SMILES string of the molecule is CC1Cc2cc3c(cc2C(c2cccc(F)c2)N1)CCCC3. The molecular weight excluding hydrogens is 273 g/mol. The fourth-order valence-corrected chi connectivity index (χ4v) is 4.03. The first-order valence-corrected chi connectivity index (χ1v) is 8.37. The Labute approximate surface area is 131 Å². The lowest BCUT2D eigenvalue weighted by molar-refractivity contribution is 0.461. The van der Waals surface area contributed by atoms with Gasteiger partial charge < -0.3 is 5.32 Å². The molecule has 2 atom stereocenters. The van der Waals surface area contributed by atoms with Crippen LogP contribution in [0.5, 0.6) is 0 Å². The summed E-state index contributed by atoms with van der Waals surface area (Å²) in [5.74, 6) is -0.156. The largest absolute Gasteiger partial charge is 0.303 e. The van der Waals surface area contributed by atoms with E-state index < -0.39 is 0 Å². The van der Waals surface area contributed by atoms with Gasteiger partial charge in [-0.3, -0.25) is 0 Å². The van der Waals surface area contributed by atoms with Crippen molar-refractivity contribution in [3.63, 3.8) is 0 Å². The minimum atomic E-state index is -0.156. The minimum absolute atomic E-state index is 0.113. The van der Waals surface area contributed by atoms with Gasteiger partial charge in [0.05, 0.1) is 6.04 Å². The van der Waals surface area contributed by atoms with Crippen LogP contribution in [0, 0.1) is 5.82 Å². The van der Waals surface area contributed by atoms with Gasteiger partial charge in [0.1, 0.15) is 5.82 Å². The Morgan fingerprint density at radius 1 is 1.00 bits per heavy atom. The van der Waals surface area contributed by atoms with E-state index >= 15 is 0 Å². The van der Waals surface area contributed by atoms with Crippen LogP contribution in [0.1, 0.15) is 53.6 Å². The van der Waals surface area contributed by atoms with E-state index in [-0.39, 0.29) is 11.9 Å². The molecule has 1 aliphatic carbocycles. The Kier molecular flexibility index (Phi) is 3.50. The summed E-state index contributed by atoms with van der Waals surface area (Å²) in [5, 5.41) is 3.66. The molecule has 114 valence electrons. The summed E-state index contributed by atoms with van der Waals surface area (Å²) in [7, 11) is 0. The first-order valence-electron chi connectivity index (χ1n) is 8.37. The van der Waals surface area contributed by atoms with E-state index in [1.807, 2.05) is 12.1 Å². The summed E-state index contributed by atoms with van der Waals surface area (Å²) in [4.78, 5) is 0. The van der Waals surface area contributed by atoms with E-state index in [0.29, 0.717) is 6.04 Å². The predicted octanol–water partition coefficient (Wildman–Crippen LogP) is 4.33. The van der Waals surface area contributed by atoms with Crippen molar-refractivity contribution in [1.29, 1.82) is 0 Å². The van der Waals surface area contributed by atoms with E-state index in [9.17, 15) is 4.39 Å². The lowest BCUT2D eigenvalue weighted by Gasteiger charge is -2.33. The van der Waals surface area contributed by atoms with Gasteiger partial charge in [-0.1, -0.05) is 24.3 Å². The van der Waals surface area contributed by atoms with Crippen molar-refractivity contribution in [3.05, 3.63) is 70.0 Å². The number of rotatable bonds is 1. The van der Waals surface area contributed by atoms with Gasteiger partial charge >= 0.3 is 0 Å². The van der Waals surface area contributed by atoms with Gasteiger partial charge in [0, 0.05) is 6.04 Å². The molecular formula is C20H22FN. The van der Waals surface area contributed by atoms with E-state index in [0.717, 1.165) is 12.0 Å². The number of hydrogen-bond donors (Lipinski definition) is 1. The van der Waals surface area contributed by atoms with Crippen molar-refractivity contribution < 1.29 is 4.39 Å². The first kappa shape index (κ1) is 14.0. The van der Waals surface area contributed by atoms with E-state index in [4.69, 9.17) is 0 Å². The Hall–Kier alpha value is -1.67. The van der Waals surface area contributed by atoms with Crippen LogP contribution in [-0.4, -0.2) is 6.04 Å². The van der Waals surface area contributed by atoms with Gasteiger partial charge in [-0.05, 0) is 79.0 Å². The Morgan fingerprint density at radius 3 is 2.55 bits per heavy atom. The van der Waals surface area contributed by atoms with Crippen LogP contribution in [0.2, 0.25) is 0 Å². The number of halogens is 1. The fraction of sp³-hybridized carbons (Fsp3) is 0.400. The van der Waals surface area contributed by atoms with E-state index in [1.165, 1.54) is 54.0 Å². The highest BCUT2D eigenvalue weighted by Crippen LogP contribution is 2.35. The van der Waals surface area contributed by atoms with Crippen molar-refractivity contribution in [2.24, 2.45) is 0 Å². The normalized spacial score (nSPS) is 23.7. The maximum atomic E-state index is 13.6. The van der Waals surface area contributed by atoms with Gasteiger partial charge in [-0.2, -0.15) is 0 Å². The van der Waals surface area contributed by atoms with E-state index in [1.54, 1.807) is 6.07 Å². The molecule has 0 saturated heterocycles. The topological polar surface area (TPSA) is 12.0 Å². The molecule has 0 aromatic heterocycles. The average Bonchev–Trinajstić information content (AvgIpc) is 2.52. The molecule has 0 bridgehead atoms. The molecule has 2 aromatic rings. The zero-order valence-corrected chi connectivity index (χ0v) is 13.0. The molecule has 2 unspecified atom stereocenters. The number of aryl methyl sites for hydroxylation is 2. The summed E-state index contributed by atoms with van der Waals surface area (Å²) in [6, 6.07) is 12.4. The molecule has 1 nitrogen and oxygen atoms in total. The molecule has 4 rings (SSSR count). The molecule has 0 fully saturated rings. The third-order valence-electron chi connectivity index (χ3n) is 5.07. The third kappa shape index (κ3) is 2.46. The molecule has 2 heteroatoms. The highest BCUT2D eigenvalue weighted by molar-refractivity contribution is 5.46. The second-order valence-electron chi connectivity index (χ2n) is 6.79. The van der Waals surface area contributed by atoms with Crippen molar-refractivity contribution in [2.75, 3.05) is 0 Å². The zero-order valence-electron chi connectivity index (χ0n) is 13.0. The second kappa shape index (κ2) is 5.51. The van der Waals surface area contributed by atoms with Crippen LogP contribution < -0.4 is 5.32 Å². The van der Waals surface area contributed by atoms with Crippen LogP contribution >= 0.6 is 0 Å². The third-order valence-corrected chi connectivity index (χ3v) is 5.07. The molecule has 22 heavy (non-hydrogen) atoms. The molecule has 2 aliphatic rings. The summed E-state index contributed by atoms with van der Waals surface area (Å²) in [5.41, 5.74) is 6.87. The first-order chi connectivity index (χ1) is 10.7. The second-order valence-corrected chi connectivity index (χ2v) is 6.79. The van der Waals surface area contributed by atoms with Crippen LogP contribution in [0.15, 0.2) is 36.4 Å². The maximum Gasteiger partial charge on any atom is 0.123 e. The van der Waals surface area contributed by atoms with Crippen LogP contribution in [0.25, 0.3) is 0 Å². The highest BCUT2D eigenvalue weighted by atomic mass is 19.1. The lowest BCUT2D eigenvalue weighted by atomic mass is 9.81. The van der Waals surface area contributed by atoms with Crippen LogP contribution in [0.4, 0.5) is 4.39 Å². The minimum Gasteiger partial charge on any atom is -0.303 e. The molecule has 1 heterocycles. The molecule has 1 N–H and O–H groups in total. The molecule has 0 amide bonds. The molecule has 0 spiro atoms. The number of hydrogen-bond acceptors (Lipinski definition) is 1. The quantitative estimate of drug-likeness (QED) is 0.826. The van der Waals surface area contributed by atoms with Gasteiger partial charge in [0.25, 0.3) is 0 Å². The highest BCUT2D eigenvalue weighted by Gasteiger charge is 2.27. The number of benzene rings is 2. The molecule has 1 aliphatic heterocycles. The van der Waals surface area contributed by atoms with Crippen LogP contribution in [0.3, 0.4) is 0 Å². The van der Waals surface area contributed by atoms with Crippen molar-refractivity contribution in [1.82, 2.24) is 5.32 Å². The molecule has 0 radical (unpaired) electrons. The summed E-state index contributed by atoms with van der Waals surface area (Å²) in [6.45, 7) is 2.22. The number of fused-ring (bicyclic) bond motifs is 2. The fourth-order valence-electron chi connectivity index (χ4n) is 4.03. The summed E-state index contributed by atoms with van der Waals surface area (Å²) < 4.78 is 13.6. The Morgan fingerprint density at radius 2 is 1.77 bits per heavy atom. The monoisotopic (exact) mass is 295 g/mol. The zero-order chi connectivity index (χ0) is 15.1. The van der Waals surface area contributed by atoms with E-state index in [2.05, 4.69) is 24.4 Å². The van der Waals surface area contributed by atoms with Crippen molar-refractivity contribution in [2.45, 2.75) is 51.1 Å². The van der Waals surface area contributed by atoms with Gasteiger partial charge in [-0.15, -0.1) is 0 Å². The van der Waals surface area contributed by atoms with Crippen molar-refractivity contribution >= 4 is 0 Å².